The van der Waals surface area contributed by atoms with Gasteiger partial charge in [0.05, 0.1) is 13.1 Å². The molecule has 6 aromatic rings. The summed E-state index contributed by atoms with van der Waals surface area (Å²) in [5.74, 6) is 0.752. The predicted octanol–water partition coefficient (Wildman–Crippen LogP) is 6.08. The summed E-state index contributed by atoms with van der Waals surface area (Å²) in [6, 6.07) is 41.6. The monoisotopic (exact) mass is 728 g/mol. The van der Waals surface area contributed by atoms with Gasteiger partial charge in [0, 0.05) is 10.8 Å². The minimum absolute atomic E-state index is 0.0347. The minimum Gasteiger partial charge on any atom is -0.872 e. The molecule has 0 bridgehead atoms. The Kier molecular flexibility index (Phi) is 14.5. The quantitative estimate of drug-likeness (QED) is 0.0694. The summed E-state index contributed by atoms with van der Waals surface area (Å²) in [6.45, 7) is 6.31. The highest BCUT2D eigenvalue weighted by Gasteiger charge is 2.32. The highest BCUT2D eigenvalue weighted by molar-refractivity contribution is 5.53. The van der Waals surface area contributed by atoms with E-state index in [-0.39, 0.29) is 34.5 Å². The summed E-state index contributed by atoms with van der Waals surface area (Å²) in [5, 5.41) is 61.1. The van der Waals surface area contributed by atoms with Crippen molar-refractivity contribution in [3.8, 4) is 34.5 Å². The van der Waals surface area contributed by atoms with Crippen molar-refractivity contribution in [2.45, 2.75) is 50.4 Å². The molecule has 0 spiro atoms. The molecule has 0 unspecified atom stereocenters. The van der Waals surface area contributed by atoms with Crippen LogP contribution < -0.4 is 21.7 Å². The zero-order valence-electron chi connectivity index (χ0n) is 31.1. The molecule has 0 aliphatic carbocycles. The first-order valence-corrected chi connectivity index (χ1v) is 18.2. The second-order valence-corrected chi connectivity index (χ2v) is 13.6. The van der Waals surface area contributed by atoms with Gasteiger partial charge in [-0.2, -0.15) is 0 Å². The van der Waals surface area contributed by atoms with Gasteiger partial charge in [0.15, 0.2) is 0 Å². The number of rotatable bonds is 11. The van der Waals surface area contributed by atoms with E-state index in [9.17, 15) is 30.6 Å². The molecule has 0 saturated heterocycles. The SMILES string of the molecule is CC(c1ccc([O-])cc1)(c1ccc(O)cc1)c1ccc(O)cc1.CC(c1ccc([O-])cc1)(c1ccc(O)cc1)c1ccc(O)cc1.[NH3+]CCCCCC[NH3+]. The van der Waals surface area contributed by atoms with Gasteiger partial charge in [0.25, 0.3) is 0 Å². The van der Waals surface area contributed by atoms with E-state index in [0.29, 0.717) is 0 Å². The maximum atomic E-state index is 11.4. The summed E-state index contributed by atoms with van der Waals surface area (Å²) < 4.78 is 0. The number of hydrogen-bond donors (Lipinski definition) is 6. The molecule has 0 atom stereocenters. The van der Waals surface area contributed by atoms with Crippen LogP contribution in [0.15, 0.2) is 146 Å². The van der Waals surface area contributed by atoms with Crippen molar-refractivity contribution >= 4 is 0 Å². The van der Waals surface area contributed by atoms with Gasteiger partial charge < -0.3 is 42.1 Å². The molecular formula is C46H52N2O6. The van der Waals surface area contributed by atoms with Crippen LogP contribution in [0.4, 0.5) is 0 Å². The van der Waals surface area contributed by atoms with Crippen LogP contribution in [0.5, 0.6) is 34.5 Å². The number of hydrogen-bond acceptors (Lipinski definition) is 6. The largest absolute Gasteiger partial charge is 0.872 e. The molecule has 54 heavy (non-hydrogen) atoms. The molecule has 0 amide bonds. The zero-order chi connectivity index (χ0) is 39.1. The van der Waals surface area contributed by atoms with E-state index < -0.39 is 10.8 Å². The van der Waals surface area contributed by atoms with Crippen LogP contribution in [-0.2, 0) is 10.8 Å². The lowest BCUT2D eigenvalue weighted by Gasteiger charge is -2.32. The molecule has 0 fully saturated rings. The van der Waals surface area contributed by atoms with Crippen molar-refractivity contribution in [1.29, 1.82) is 0 Å². The number of benzene rings is 6. The van der Waals surface area contributed by atoms with Crippen LogP contribution >= 0.6 is 0 Å². The van der Waals surface area contributed by atoms with Gasteiger partial charge in [0.1, 0.15) is 23.0 Å². The van der Waals surface area contributed by atoms with Crippen LogP contribution in [-0.4, -0.2) is 33.5 Å². The maximum absolute atomic E-state index is 11.4. The van der Waals surface area contributed by atoms with E-state index in [0.717, 1.165) is 46.5 Å². The lowest BCUT2D eigenvalue weighted by atomic mass is 9.71. The molecule has 6 aromatic carbocycles. The van der Waals surface area contributed by atoms with Crippen molar-refractivity contribution in [3.05, 3.63) is 179 Å². The Morgan fingerprint density at radius 3 is 0.722 bits per heavy atom. The van der Waals surface area contributed by atoms with E-state index in [4.69, 9.17) is 0 Å². The first-order chi connectivity index (χ1) is 25.9. The first kappa shape index (κ1) is 40.8. The van der Waals surface area contributed by atoms with E-state index in [1.165, 1.54) is 25.7 Å². The van der Waals surface area contributed by atoms with Gasteiger partial charge in [0.2, 0.25) is 0 Å². The number of quaternary nitrogens is 2. The van der Waals surface area contributed by atoms with Gasteiger partial charge in [-0.05, 0) is 121 Å². The third-order valence-electron chi connectivity index (χ3n) is 9.89. The van der Waals surface area contributed by atoms with Crippen molar-refractivity contribution < 1.29 is 42.1 Å². The van der Waals surface area contributed by atoms with Crippen molar-refractivity contribution in [1.82, 2.24) is 0 Å². The fraction of sp³-hybridized carbons (Fsp3) is 0.217. The van der Waals surface area contributed by atoms with Crippen molar-refractivity contribution in [2.24, 2.45) is 0 Å². The van der Waals surface area contributed by atoms with Gasteiger partial charge in [-0.15, -0.1) is 11.5 Å². The third kappa shape index (κ3) is 10.3. The van der Waals surface area contributed by atoms with Crippen LogP contribution in [0, 0.1) is 0 Å². The Morgan fingerprint density at radius 2 is 0.537 bits per heavy atom. The first-order valence-electron chi connectivity index (χ1n) is 18.2. The number of unbranched alkanes of at least 4 members (excludes halogenated alkanes) is 3. The summed E-state index contributed by atoms with van der Waals surface area (Å²) in [7, 11) is 0. The standard InChI is InChI=1S/2C20H18O3.C6H16N2/c2*1-20(14-2-8-17(21)9-3-14,15-4-10-18(22)11-5-15)16-6-12-19(23)13-7-16;7-5-3-1-2-4-6-8/h2*2-13,21-23H,1H3;1-8H2. The molecule has 8 nitrogen and oxygen atoms in total. The molecule has 6 rings (SSSR count). The Hall–Kier alpha value is -5.96. The number of aromatic hydroxyl groups is 4. The van der Waals surface area contributed by atoms with Crippen LogP contribution in [0.2, 0.25) is 0 Å². The Bertz CT molecular complexity index is 1610. The summed E-state index contributed by atoms with van der Waals surface area (Å²) in [6.07, 6.45) is 5.28. The van der Waals surface area contributed by atoms with Gasteiger partial charge in [-0.1, -0.05) is 97.1 Å². The van der Waals surface area contributed by atoms with Crippen LogP contribution in [0.1, 0.15) is 72.9 Å². The molecule has 282 valence electrons. The number of phenols is 4. The lowest BCUT2D eigenvalue weighted by molar-refractivity contribution is -0.371. The predicted molar refractivity (Wildman–Crippen MR) is 209 cm³/mol. The smallest absolute Gasteiger partial charge is 0.115 e. The number of phenolic OH excluding ortho intramolecular Hbond substituents is 4. The molecule has 8 heteroatoms. The molecule has 0 aromatic heterocycles. The average molecular weight is 729 g/mol. The summed E-state index contributed by atoms with van der Waals surface area (Å²) in [5.41, 5.74) is 12.4. The van der Waals surface area contributed by atoms with Gasteiger partial charge >= 0.3 is 0 Å². The highest BCUT2D eigenvalue weighted by Crippen LogP contribution is 2.41. The lowest BCUT2D eigenvalue weighted by Crippen LogP contribution is -2.50. The van der Waals surface area contributed by atoms with Crippen LogP contribution in [0.25, 0.3) is 0 Å². The van der Waals surface area contributed by atoms with E-state index in [1.54, 1.807) is 72.8 Å². The van der Waals surface area contributed by atoms with E-state index in [1.807, 2.05) is 72.8 Å². The van der Waals surface area contributed by atoms with E-state index >= 15 is 0 Å². The highest BCUT2D eigenvalue weighted by atomic mass is 16.3. The van der Waals surface area contributed by atoms with Gasteiger partial charge in [-0.3, -0.25) is 0 Å². The minimum atomic E-state index is -0.505. The fourth-order valence-electron chi connectivity index (χ4n) is 6.46. The van der Waals surface area contributed by atoms with Crippen LogP contribution in [0.3, 0.4) is 0 Å². The average Bonchev–Trinajstić information content (AvgIpc) is 3.18. The second kappa shape index (κ2) is 19.2. The maximum Gasteiger partial charge on any atom is 0.115 e. The normalized spacial score (nSPS) is 11.1. The topological polar surface area (TPSA) is 182 Å². The fourth-order valence-corrected chi connectivity index (χ4v) is 6.46. The van der Waals surface area contributed by atoms with Crippen molar-refractivity contribution in [3.63, 3.8) is 0 Å². The molecule has 0 aliphatic heterocycles. The Morgan fingerprint density at radius 1 is 0.352 bits per heavy atom. The molecule has 0 saturated carbocycles. The third-order valence-corrected chi connectivity index (χ3v) is 9.89. The Labute approximate surface area is 318 Å². The zero-order valence-corrected chi connectivity index (χ0v) is 31.1. The Balaban J connectivity index is 0.000000201. The molecule has 0 radical (unpaired) electrons. The summed E-state index contributed by atoms with van der Waals surface area (Å²) in [4.78, 5) is 0. The molecule has 0 aliphatic rings. The molecular weight excluding hydrogens is 677 g/mol. The van der Waals surface area contributed by atoms with E-state index in [2.05, 4.69) is 25.3 Å². The second-order valence-electron chi connectivity index (χ2n) is 13.6. The summed E-state index contributed by atoms with van der Waals surface area (Å²) >= 11 is 0. The van der Waals surface area contributed by atoms with Gasteiger partial charge in [-0.25, -0.2) is 0 Å². The van der Waals surface area contributed by atoms with Crippen molar-refractivity contribution in [2.75, 3.05) is 13.1 Å². The molecule has 10 N–H and O–H groups in total. The molecule has 0 heterocycles.